The molecule has 4 heteroatoms. The average Bonchev–Trinajstić information content (AvgIpc) is 3.08. The van der Waals surface area contributed by atoms with E-state index in [2.05, 4.69) is 52.8 Å². The Balaban J connectivity index is 1.57. The van der Waals surface area contributed by atoms with Crippen molar-refractivity contribution in [3.05, 3.63) is 69.2 Å². The Labute approximate surface area is 140 Å². The van der Waals surface area contributed by atoms with Gasteiger partial charge in [-0.05, 0) is 42.7 Å². The normalized spacial score (nSPS) is 12.1. The first-order chi connectivity index (χ1) is 11.1. The summed E-state index contributed by atoms with van der Waals surface area (Å²) in [6.07, 6.45) is 0.929. The van der Waals surface area contributed by atoms with Crippen LogP contribution in [0, 0.1) is 13.8 Å². The van der Waals surface area contributed by atoms with Gasteiger partial charge in [-0.1, -0.05) is 41.4 Å². The summed E-state index contributed by atoms with van der Waals surface area (Å²) in [6.45, 7) is 4.86. The fourth-order valence-electron chi connectivity index (χ4n) is 3.10. The molecule has 1 aliphatic rings. The minimum atomic E-state index is 0.726. The molecule has 3 nitrogen and oxygen atoms in total. The minimum absolute atomic E-state index is 0.726. The molecule has 2 N–H and O–H groups in total. The zero-order chi connectivity index (χ0) is 16.0. The summed E-state index contributed by atoms with van der Waals surface area (Å²) < 4.78 is 0. The van der Waals surface area contributed by atoms with Crippen molar-refractivity contribution in [2.75, 3.05) is 5.32 Å². The molecule has 2 aromatic carbocycles. The second kappa shape index (κ2) is 5.43. The molecule has 0 aliphatic heterocycles. The Hall–Kier alpha value is -2.26. The molecule has 0 atom stereocenters. The molecule has 4 rings (SSSR count). The van der Waals surface area contributed by atoms with E-state index in [0.717, 1.165) is 40.6 Å². The zero-order valence-corrected chi connectivity index (χ0v) is 14.0. The van der Waals surface area contributed by atoms with Gasteiger partial charge in [-0.2, -0.15) is 5.10 Å². The van der Waals surface area contributed by atoms with Crippen LogP contribution in [0.15, 0.2) is 36.4 Å². The van der Waals surface area contributed by atoms with Crippen LogP contribution in [0.25, 0.3) is 11.3 Å². The van der Waals surface area contributed by atoms with E-state index in [1.165, 1.54) is 22.3 Å². The summed E-state index contributed by atoms with van der Waals surface area (Å²) in [5.41, 5.74) is 8.46. The summed E-state index contributed by atoms with van der Waals surface area (Å²) in [6, 6.07) is 12.7. The second-order valence-electron chi connectivity index (χ2n) is 6.20. The van der Waals surface area contributed by atoms with Crippen molar-refractivity contribution in [2.24, 2.45) is 0 Å². The average molecular weight is 324 g/mol. The van der Waals surface area contributed by atoms with E-state index in [1.807, 2.05) is 13.0 Å². The number of hydrogen-bond acceptors (Lipinski definition) is 2. The van der Waals surface area contributed by atoms with Crippen LogP contribution in [0.5, 0.6) is 0 Å². The molecule has 0 fully saturated rings. The summed E-state index contributed by atoms with van der Waals surface area (Å²) >= 11 is 6.20. The van der Waals surface area contributed by atoms with E-state index in [-0.39, 0.29) is 0 Å². The molecule has 1 aliphatic carbocycles. The lowest BCUT2D eigenvalue weighted by molar-refractivity contribution is 1.04. The van der Waals surface area contributed by atoms with Gasteiger partial charge in [0.25, 0.3) is 0 Å². The highest BCUT2D eigenvalue weighted by Crippen LogP contribution is 2.39. The number of nitrogens with one attached hydrogen (secondary N) is 2. The zero-order valence-electron chi connectivity index (χ0n) is 13.2. The molecule has 23 heavy (non-hydrogen) atoms. The maximum absolute atomic E-state index is 6.20. The molecule has 1 aromatic heterocycles. The van der Waals surface area contributed by atoms with Crippen LogP contribution in [0.2, 0.25) is 5.02 Å². The number of anilines is 1. The third kappa shape index (κ3) is 2.51. The van der Waals surface area contributed by atoms with Crippen LogP contribution in [-0.2, 0) is 13.0 Å². The summed E-state index contributed by atoms with van der Waals surface area (Å²) in [5.74, 6) is 1.01. The Kier molecular flexibility index (Phi) is 3.38. The van der Waals surface area contributed by atoms with Crippen LogP contribution in [0.3, 0.4) is 0 Å². The SMILES string of the molecule is Cc1ccc2c(c1)-c1n[nH]c(NCc3ccc(C)c(Cl)c3)c1C2. The topological polar surface area (TPSA) is 40.7 Å². The lowest BCUT2D eigenvalue weighted by atomic mass is 10.1. The highest BCUT2D eigenvalue weighted by atomic mass is 35.5. The Morgan fingerprint density at radius 1 is 1.17 bits per heavy atom. The lowest BCUT2D eigenvalue weighted by Crippen LogP contribution is -2.02. The summed E-state index contributed by atoms with van der Waals surface area (Å²) in [7, 11) is 0. The van der Waals surface area contributed by atoms with Gasteiger partial charge < -0.3 is 5.32 Å². The number of nitrogens with zero attached hydrogens (tertiary/aromatic N) is 1. The minimum Gasteiger partial charge on any atom is -0.366 e. The number of fused-ring (bicyclic) bond motifs is 3. The standard InChI is InChI=1S/C19H18ClN3/c1-11-3-6-14-9-16-18(15(14)7-11)22-23-19(16)21-10-13-5-4-12(2)17(20)8-13/h3-8H,9-10H2,1-2H3,(H2,21,22,23). The number of aryl methyl sites for hydroxylation is 2. The molecule has 0 saturated carbocycles. The van der Waals surface area contributed by atoms with E-state index in [9.17, 15) is 0 Å². The highest BCUT2D eigenvalue weighted by molar-refractivity contribution is 6.31. The fourth-order valence-corrected chi connectivity index (χ4v) is 3.30. The first-order valence-corrected chi connectivity index (χ1v) is 8.15. The number of aromatic amines is 1. The largest absolute Gasteiger partial charge is 0.366 e. The van der Waals surface area contributed by atoms with Crippen LogP contribution in [0.4, 0.5) is 5.82 Å². The number of halogens is 1. The van der Waals surface area contributed by atoms with Gasteiger partial charge in [0, 0.05) is 29.1 Å². The van der Waals surface area contributed by atoms with Crippen molar-refractivity contribution in [2.45, 2.75) is 26.8 Å². The first kappa shape index (κ1) is 14.3. The number of hydrogen-bond donors (Lipinski definition) is 2. The molecule has 0 amide bonds. The van der Waals surface area contributed by atoms with E-state index < -0.39 is 0 Å². The molecule has 3 aromatic rings. The van der Waals surface area contributed by atoms with Crippen molar-refractivity contribution in [3.8, 4) is 11.3 Å². The Morgan fingerprint density at radius 2 is 2.04 bits per heavy atom. The molecule has 0 unspecified atom stereocenters. The third-order valence-corrected chi connectivity index (χ3v) is 4.87. The Morgan fingerprint density at radius 3 is 2.87 bits per heavy atom. The number of aromatic nitrogens is 2. The molecular weight excluding hydrogens is 306 g/mol. The smallest absolute Gasteiger partial charge is 0.125 e. The van der Waals surface area contributed by atoms with E-state index >= 15 is 0 Å². The van der Waals surface area contributed by atoms with Crippen LogP contribution in [-0.4, -0.2) is 10.2 Å². The van der Waals surface area contributed by atoms with E-state index in [4.69, 9.17) is 11.6 Å². The summed E-state index contributed by atoms with van der Waals surface area (Å²) in [5, 5.41) is 11.9. The molecule has 1 heterocycles. The van der Waals surface area contributed by atoms with Gasteiger partial charge in [-0.15, -0.1) is 0 Å². The van der Waals surface area contributed by atoms with Crippen molar-refractivity contribution < 1.29 is 0 Å². The predicted octanol–water partition coefficient (Wildman–Crippen LogP) is 4.86. The highest BCUT2D eigenvalue weighted by Gasteiger charge is 2.24. The predicted molar refractivity (Wildman–Crippen MR) is 95.1 cm³/mol. The summed E-state index contributed by atoms with van der Waals surface area (Å²) in [4.78, 5) is 0. The molecule has 0 saturated heterocycles. The van der Waals surface area contributed by atoms with Crippen LogP contribution >= 0.6 is 11.6 Å². The van der Waals surface area contributed by atoms with Crippen molar-refractivity contribution >= 4 is 17.4 Å². The number of H-pyrrole nitrogens is 1. The van der Waals surface area contributed by atoms with E-state index in [0.29, 0.717) is 0 Å². The lowest BCUT2D eigenvalue weighted by Gasteiger charge is -2.07. The second-order valence-corrected chi connectivity index (χ2v) is 6.61. The van der Waals surface area contributed by atoms with Gasteiger partial charge in [0.1, 0.15) is 5.82 Å². The molecule has 0 radical (unpaired) electrons. The molecule has 0 spiro atoms. The Bertz CT molecular complexity index is 896. The quantitative estimate of drug-likeness (QED) is 0.565. The van der Waals surface area contributed by atoms with Gasteiger partial charge >= 0.3 is 0 Å². The van der Waals surface area contributed by atoms with Crippen molar-refractivity contribution in [1.82, 2.24) is 10.2 Å². The molecule has 116 valence electrons. The first-order valence-electron chi connectivity index (χ1n) is 7.78. The van der Waals surface area contributed by atoms with Gasteiger partial charge in [0.15, 0.2) is 0 Å². The van der Waals surface area contributed by atoms with Crippen LogP contribution < -0.4 is 5.32 Å². The maximum Gasteiger partial charge on any atom is 0.125 e. The van der Waals surface area contributed by atoms with Gasteiger partial charge in [-0.25, -0.2) is 0 Å². The van der Waals surface area contributed by atoms with Crippen molar-refractivity contribution in [3.63, 3.8) is 0 Å². The fraction of sp³-hybridized carbons (Fsp3) is 0.211. The molecular formula is C19H18ClN3. The van der Waals surface area contributed by atoms with Gasteiger partial charge in [-0.3, -0.25) is 5.10 Å². The van der Waals surface area contributed by atoms with Crippen molar-refractivity contribution in [1.29, 1.82) is 0 Å². The van der Waals surface area contributed by atoms with Gasteiger partial charge in [0.2, 0.25) is 0 Å². The monoisotopic (exact) mass is 323 g/mol. The number of benzene rings is 2. The molecule has 0 bridgehead atoms. The number of rotatable bonds is 3. The van der Waals surface area contributed by atoms with E-state index in [1.54, 1.807) is 0 Å². The third-order valence-electron chi connectivity index (χ3n) is 4.46. The van der Waals surface area contributed by atoms with Crippen LogP contribution in [0.1, 0.15) is 27.8 Å². The maximum atomic E-state index is 6.20. The van der Waals surface area contributed by atoms with Gasteiger partial charge in [0.05, 0.1) is 5.69 Å².